The number of pyridine rings is 1. The first-order valence-corrected chi connectivity index (χ1v) is 9.45. The quantitative estimate of drug-likeness (QED) is 0.841. The van der Waals surface area contributed by atoms with Gasteiger partial charge in [-0.3, -0.25) is 9.67 Å². The molecule has 2 aromatic heterocycles. The summed E-state index contributed by atoms with van der Waals surface area (Å²) >= 11 is 0. The van der Waals surface area contributed by atoms with E-state index in [1.165, 1.54) is 37.7 Å². The highest BCUT2D eigenvalue weighted by atomic mass is 15.3. The Labute approximate surface area is 151 Å². The molecule has 3 rings (SSSR count). The lowest BCUT2D eigenvalue weighted by molar-refractivity contribution is 0.166. The van der Waals surface area contributed by atoms with Gasteiger partial charge >= 0.3 is 0 Å². The van der Waals surface area contributed by atoms with Gasteiger partial charge in [0.1, 0.15) is 0 Å². The zero-order chi connectivity index (χ0) is 17.6. The van der Waals surface area contributed by atoms with Crippen LogP contribution in [0.2, 0.25) is 0 Å². The third kappa shape index (κ3) is 4.67. The van der Waals surface area contributed by atoms with Gasteiger partial charge in [-0.05, 0) is 45.0 Å². The summed E-state index contributed by atoms with van der Waals surface area (Å²) in [5, 5.41) is 8.34. The van der Waals surface area contributed by atoms with Crippen LogP contribution in [0.3, 0.4) is 0 Å². The minimum absolute atomic E-state index is 0.612. The standard InChI is InChI=1S/C20H31N5/c1-24(2)19(16-7-5-4-6-8-16)14-22-13-18-15-25(3)23-20(18)17-9-11-21-12-10-17/h9-12,15-16,19,22H,4-8,13-14H2,1-3H3/t19-/m1/s1. The SMILES string of the molecule is CN(C)[C@H](CNCc1cn(C)nc1-c1ccncc1)C1CCCCC1. The van der Waals surface area contributed by atoms with Crippen molar-refractivity contribution in [2.45, 2.75) is 44.7 Å². The molecular formula is C20H31N5. The van der Waals surface area contributed by atoms with Crippen LogP contribution in [0.4, 0.5) is 0 Å². The van der Waals surface area contributed by atoms with Gasteiger partial charge in [-0.1, -0.05) is 19.3 Å². The van der Waals surface area contributed by atoms with Crippen molar-refractivity contribution in [3.63, 3.8) is 0 Å². The van der Waals surface area contributed by atoms with Gasteiger partial charge in [0.25, 0.3) is 0 Å². The zero-order valence-corrected chi connectivity index (χ0v) is 15.8. The number of rotatable bonds is 7. The predicted molar refractivity (Wildman–Crippen MR) is 102 cm³/mol. The van der Waals surface area contributed by atoms with Gasteiger partial charge in [0.05, 0.1) is 5.69 Å². The zero-order valence-electron chi connectivity index (χ0n) is 15.8. The van der Waals surface area contributed by atoms with E-state index in [0.717, 1.165) is 30.3 Å². The summed E-state index contributed by atoms with van der Waals surface area (Å²) in [5.74, 6) is 0.824. The summed E-state index contributed by atoms with van der Waals surface area (Å²) in [4.78, 5) is 6.51. The van der Waals surface area contributed by atoms with E-state index in [1.807, 2.05) is 36.3 Å². The summed E-state index contributed by atoms with van der Waals surface area (Å²) in [6.07, 6.45) is 12.7. The molecule has 0 spiro atoms. The van der Waals surface area contributed by atoms with Crippen LogP contribution in [0.15, 0.2) is 30.7 Å². The molecule has 0 bridgehead atoms. The van der Waals surface area contributed by atoms with Crippen LogP contribution < -0.4 is 5.32 Å². The molecule has 1 saturated carbocycles. The Kier molecular flexibility index (Phi) is 6.21. The number of likely N-dealkylation sites (N-methyl/N-ethyl adjacent to an activating group) is 1. The van der Waals surface area contributed by atoms with Crippen molar-refractivity contribution in [2.24, 2.45) is 13.0 Å². The molecule has 1 aliphatic carbocycles. The van der Waals surface area contributed by atoms with Crippen molar-refractivity contribution in [1.29, 1.82) is 0 Å². The Balaban J connectivity index is 1.63. The highest BCUT2D eigenvalue weighted by Gasteiger charge is 2.25. The molecule has 0 unspecified atom stereocenters. The maximum Gasteiger partial charge on any atom is 0.0969 e. The fourth-order valence-electron chi connectivity index (χ4n) is 4.06. The largest absolute Gasteiger partial charge is 0.311 e. The number of nitrogens with zero attached hydrogens (tertiary/aromatic N) is 4. The molecular weight excluding hydrogens is 310 g/mol. The smallest absolute Gasteiger partial charge is 0.0969 e. The summed E-state index contributed by atoms with van der Waals surface area (Å²) < 4.78 is 1.90. The molecule has 0 radical (unpaired) electrons. The Bertz CT molecular complexity index is 643. The van der Waals surface area contributed by atoms with Crippen molar-refractivity contribution >= 4 is 0 Å². The number of aryl methyl sites for hydroxylation is 1. The maximum absolute atomic E-state index is 4.64. The Hall–Kier alpha value is -1.72. The number of hydrogen-bond acceptors (Lipinski definition) is 4. The van der Waals surface area contributed by atoms with E-state index < -0.39 is 0 Å². The fourth-order valence-corrected chi connectivity index (χ4v) is 4.06. The van der Waals surface area contributed by atoms with Crippen LogP contribution in [-0.2, 0) is 13.6 Å². The molecule has 2 heterocycles. The van der Waals surface area contributed by atoms with Gasteiger partial charge in [0, 0.05) is 55.9 Å². The van der Waals surface area contributed by atoms with Crippen LogP contribution >= 0.6 is 0 Å². The Morgan fingerprint density at radius 1 is 1.20 bits per heavy atom. The maximum atomic E-state index is 4.64. The molecule has 2 aromatic rings. The molecule has 0 saturated heterocycles. The van der Waals surface area contributed by atoms with Crippen molar-refractivity contribution < 1.29 is 0 Å². The number of aromatic nitrogens is 3. The summed E-state index contributed by atoms with van der Waals surface area (Å²) in [6.45, 7) is 1.88. The minimum Gasteiger partial charge on any atom is -0.311 e. The molecule has 136 valence electrons. The second-order valence-electron chi connectivity index (χ2n) is 7.47. The van der Waals surface area contributed by atoms with Crippen molar-refractivity contribution in [2.75, 3.05) is 20.6 Å². The van der Waals surface area contributed by atoms with Gasteiger partial charge in [0.15, 0.2) is 0 Å². The predicted octanol–water partition coefficient (Wildman–Crippen LogP) is 3.08. The monoisotopic (exact) mass is 341 g/mol. The third-order valence-electron chi connectivity index (χ3n) is 5.38. The Morgan fingerprint density at radius 2 is 1.92 bits per heavy atom. The molecule has 0 aliphatic heterocycles. The van der Waals surface area contributed by atoms with Crippen molar-refractivity contribution in [3.8, 4) is 11.3 Å². The molecule has 1 N–H and O–H groups in total. The second-order valence-corrected chi connectivity index (χ2v) is 7.47. The second kappa shape index (κ2) is 8.59. The van der Waals surface area contributed by atoms with Crippen LogP contribution in [0, 0.1) is 5.92 Å². The molecule has 0 amide bonds. The molecule has 5 nitrogen and oxygen atoms in total. The van der Waals surface area contributed by atoms with E-state index in [-0.39, 0.29) is 0 Å². The van der Waals surface area contributed by atoms with Crippen molar-refractivity contribution in [1.82, 2.24) is 25.0 Å². The average Bonchev–Trinajstić information content (AvgIpc) is 3.00. The lowest BCUT2D eigenvalue weighted by atomic mass is 9.83. The first-order chi connectivity index (χ1) is 12.1. The van der Waals surface area contributed by atoms with E-state index in [1.54, 1.807) is 0 Å². The van der Waals surface area contributed by atoms with Gasteiger partial charge < -0.3 is 10.2 Å². The molecule has 1 fully saturated rings. The first kappa shape index (κ1) is 18.1. The number of nitrogens with one attached hydrogen (secondary N) is 1. The van der Waals surface area contributed by atoms with E-state index >= 15 is 0 Å². The minimum atomic E-state index is 0.612. The molecule has 1 atom stereocenters. The van der Waals surface area contributed by atoms with Gasteiger partial charge in [0.2, 0.25) is 0 Å². The average molecular weight is 342 g/mol. The van der Waals surface area contributed by atoms with E-state index in [0.29, 0.717) is 6.04 Å². The van der Waals surface area contributed by atoms with Crippen molar-refractivity contribution in [3.05, 3.63) is 36.3 Å². The van der Waals surface area contributed by atoms with Gasteiger partial charge in [-0.15, -0.1) is 0 Å². The normalized spacial score (nSPS) is 17.1. The van der Waals surface area contributed by atoms with E-state index in [2.05, 4.69) is 40.6 Å². The third-order valence-corrected chi connectivity index (χ3v) is 5.38. The van der Waals surface area contributed by atoms with Crippen LogP contribution in [0.5, 0.6) is 0 Å². The summed E-state index contributed by atoms with van der Waals surface area (Å²) in [7, 11) is 6.42. The fraction of sp³-hybridized carbons (Fsp3) is 0.600. The van der Waals surface area contributed by atoms with Crippen LogP contribution in [-0.4, -0.2) is 46.3 Å². The summed E-state index contributed by atoms with van der Waals surface area (Å²) in [6, 6.07) is 4.66. The lowest BCUT2D eigenvalue weighted by Crippen LogP contribution is -2.43. The highest BCUT2D eigenvalue weighted by Crippen LogP contribution is 2.28. The molecule has 0 aromatic carbocycles. The van der Waals surface area contributed by atoms with E-state index in [4.69, 9.17) is 0 Å². The molecule has 5 heteroatoms. The highest BCUT2D eigenvalue weighted by molar-refractivity contribution is 5.61. The Morgan fingerprint density at radius 3 is 2.60 bits per heavy atom. The first-order valence-electron chi connectivity index (χ1n) is 9.45. The molecule has 1 aliphatic rings. The molecule has 25 heavy (non-hydrogen) atoms. The van der Waals surface area contributed by atoms with Crippen LogP contribution in [0.25, 0.3) is 11.3 Å². The van der Waals surface area contributed by atoms with Gasteiger partial charge in [-0.25, -0.2) is 0 Å². The van der Waals surface area contributed by atoms with E-state index in [9.17, 15) is 0 Å². The van der Waals surface area contributed by atoms with Gasteiger partial charge in [-0.2, -0.15) is 5.10 Å². The topological polar surface area (TPSA) is 46.0 Å². The lowest BCUT2D eigenvalue weighted by Gasteiger charge is -2.35. The summed E-state index contributed by atoms with van der Waals surface area (Å²) in [5.41, 5.74) is 3.43. The number of hydrogen-bond donors (Lipinski definition) is 1. The van der Waals surface area contributed by atoms with Crippen LogP contribution in [0.1, 0.15) is 37.7 Å².